The molecular formula is C15H15F3N2OS. The summed E-state index contributed by atoms with van der Waals surface area (Å²) in [5.74, 6) is -0.465. The number of nitrogens with zero attached hydrogens (tertiary/aromatic N) is 1. The van der Waals surface area contributed by atoms with Crippen molar-refractivity contribution < 1.29 is 18.0 Å². The van der Waals surface area contributed by atoms with Crippen LogP contribution in [0.4, 0.5) is 13.2 Å². The number of hydrogen-bond acceptors (Lipinski definition) is 3. The number of hydrogen-bond donors (Lipinski definition) is 1. The molecule has 1 aromatic carbocycles. The second-order valence-corrected chi connectivity index (χ2v) is 6.03. The molecule has 0 unspecified atom stereocenters. The van der Waals surface area contributed by atoms with Crippen molar-refractivity contribution in [1.82, 2.24) is 4.90 Å². The van der Waals surface area contributed by atoms with Crippen LogP contribution in [0.1, 0.15) is 26.4 Å². The first-order chi connectivity index (χ1) is 10.3. The van der Waals surface area contributed by atoms with E-state index in [0.29, 0.717) is 18.7 Å². The SMILES string of the molecule is CN(Cc1ccc(C(F)(F)F)cc1)Cc1cc(C(N)=O)cs1. The number of carbonyl (C=O) groups is 1. The van der Waals surface area contributed by atoms with Crippen LogP contribution in [0.15, 0.2) is 35.7 Å². The zero-order valence-electron chi connectivity index (χ0n) is 11.9. The second-order valence-electron chi connectivity index (χ2n) is 5.03. The van der Waals surface area contributed by atoms with E-state index in [2.05, 4.69) is 0 Å². The minimum Gasteiger partial charge on any atom is -0.366 e. The third-order valence-corrected chi connectivity index (χ3v) is 4.02. The lowest BCUT2D eigenvalue weighted by Crippen LogP contribution is -2.17. The van der Waals surface area contributed by atoms with Crippen LogP contribution < -0.4 is 5.73 Å². The Morgan fingerprint density at radius 2 is 1.86 bits per heavy atom. The van der Waals surface area contributed by atoms with E-state index in [1.807, 2.05) is 11.9 Å². The summed E-state index contributed by atoms with van der Waals surface area (Å²) in [6, 6.07) is 6.85. The average molecular weight is 328 g/mol. The van der Waals surface area contributed by atoms with Gasteiger partial charge in [0.2, 0.25) is 5.91 Å². The van der Waals surface area contributed by atoms with Gasteiger partial charge in [-0.05, 0) is 30.8 Å². The number of amides is 1. The number of benzene rings is 1. The second kappa shape index (κ2) is 6.50. The number of thiophene rings is 1. The molecule has 1 heterocycles. The van der Waals surface area contributed by atoms with Crippen LogP contribution in [-0.2, 0) is 19.3 Å². The molecule has 22 heavy (non-hydrogen) atoms. The lowest BCUT2D eigenvalue weighted by molar-refractivity contribution is -0.137. The van der Waals surface area contributed by atoms with Crippen LogP contribution in [0.3, 0.4) is 0 Å². The summed E-state index contributed by atoms with van der Waals surface area (Å²) >= 11 is 1.43. The first kappa shape index (κ1) is 16.5. The fourth-order valence-electron chi connectivity index (χ4n) is 2.03. The molecule has 2 rings (SSSR count). The Morgan fingerprint density at radius 3 is 2.36 bits per heavy atom. The molecule has 0 atom stereocenters. The number of nitrogens with two attached hydrogens (primary N) is 1. The predicted molar refractivity (Wildman–Crippen MR) is 79.5 cm³/mol. The molecule has 0 fully saturated rings. The Morgan fingerprint density at radius 1 is 1.23 bits per heavy atom. The Kier molecular flexibility index (Phi) is 4.87. The molecule has 0 saturated heterocycles. The average Bonchev–Trinajstić information content (AvgIpc) is 2.86. The number of carbonyl (C=O) groups excluding carboxylic acids is 1. The number of primary amides is 1. The minimum absolute atomic E-state index is 0.465. The highest BCUT2D eigenvalue weighted by Gasteiger charge is 2.29. The molecule has 1 amide bonds. The molecule has 0 saturated carbocycles. The summed E-state index contributed by atoms with van der Waals surface area (Å²) in [5, 5.41) is 1.70. The standard InChI is InChI=1S/C15H15F3N2OS/c1-20(8-13-6-11(9-22-13)14(19)21)7-10-2-4-12(5-3-10)15(16,17)18/h2-6,9H,7-8H2,1H3,(H2,19,21). The van der Waals surface area contributed by atoms with Gasteiger partial charge in [0.1, 0.15) is 0 Å². The maximum absolute atomic E-state index is 12.5. The van der Waals surface area contributed by atoms with Crippen LogP contribution in [-0.4, -0.2) is 17.9 Å². The number of alkyl halides is 3. The summed E-state index contributed by atoms with van der Waals surface area (Å²) < 4.78 is 37.5. The van der Waals surface area contributed by atoms with Gasteiger partial charge in [0.15, 0.2) is 0 Å². The van der Waals surface area contributed by atoms with Crippen LogP contribution in [0.5, 0.6) is 0 Å². The molecule has 118 valence electrons. The van der Waals surface area contributed by atoms with Crippen LogP contribution in [0, 0.1) is 0 Å². The topological polar surface area (TPSA) is 46.3 Å². The highest BCUT2D eigenvalue weighted by Crippen LogP contribution is 2.29. The molecular weight excluding hydrogens is 313 g/mol. The van der Waals surface area contributed by atoms with E-state index in [1.54, 1.807) is 11.4 Å². The van der Waals surface area contributed by atoms with Crippen molar-refractivity contribution in [1.29, 1.82) is 0 Å². The Balaban J connectivity index is 1.96. The number of halogens is 3. The smallest absolute Gasteiger partial charge is 0.366 e. The summed E-state index contributed by atoms with van der Waals surface area (Å²) in [6.07, 6.45) is -4.31. The fraction of sp³-hybridized carbons (Fsp3) is 0.267. The molecule has 0 spiro atoms. The maximum atomic E-state index is 12.5. The predicted octanol–water partition coefficient (Wildman–Crippen LogP) is 3.50. The first-order valence-electron chi connectivity index (χ1n) is 6.47. The fourth-order valence-corrected chi connectivity index (χ4v) is 2.98. The van der Waals surface area contributed by atoms with Crippen molar-refractivity contribution in [3.8, 4) is 0 Å². The van der Waals surface area contributed by atoms with Gasteiger partial charge in [-0.3, -0.25) is 9.69 Å². The molecule has 1 aromatic heterocycles. The van der Waals surface area contributed by atoms with Crippen LogP contribution in [0.2, 0.25) is 0 Å². The van der Waals surface area contributed by atoms with Gasteiger partial charge in [-0.2, -0.15) is 13.2 Å². The highest BCUT2D eigenvalue weighted by molar-refractivity contribution is 7.10. The van der Waals surface area contributed by atoms with Gasteiger partial charge in [0.25, 0.3) is 0 Å². The van der Waals surface area contributed by atoms with E-state index in [4.69, 9.17) is 5.73 Å². The van der Waals surface area contributed by atoms with Crippen molar-refractivity contribution in [3.63, 3.8) is 0 Å². The molecule has 3 nitrogen and oxygen atoms in total. The lowest BCUT2D eigenvalue weighted by Gasteiger charge is -2.16. The van der Waals surface area contributed by atoms with Gasteiger partial charge < -0.3 is 5.73 Å². The first-order valence-corrected chi connectivity index (χ1v) is 7.35. The van der Waals surface area contributed by atoms with Crippen LogP contribution in [0.25, 0.3) is 0 Å². The summed E-state index contributed by atoms with van der Waals surface area (Å²) in [6.45, 7) is 1.11. The Labute approximate surface area is 130 Å². The Bertz CT molecular complexity index is 650. The molecule has 2 N–H and O–H groups in total. The zero-order valence-corrected chi connectivity index (χ0v) is 12.7. The highest BCUT2D eigenvalue weighted by atomic mass is 32.1. The molecule has 0 aliphatic heterocycles. The maximum Gasteiger partial charge on any atom is 0.416 e. The zero-order chi connectivity index (χ0) is 16.3. The summed E-state index contributed by atoms with van der Waals surface area (Å²) in [5.41, 5.74) is 5.81. The molecule has 7 heteroatoms. The van der Waals surface area contributed by atoms with Gasteiger partial charge in [-0.15, -0.1) is 11.3 Å². The minimum atomic E-state index is -4.31. The largest absolute Gasteiger partial charge is 0.416 e. The van der Waals surface area contributed by atoms with Crippen molar-refractivity contribution in [2.45, 2.75) is 19.3 Å². The van der Waals surface area contributed by atoms with E-state index < -0.39 is 17.6 Å². The van der Waals surface area contributed by atoms with Gasteiger partial charge in [0.05, 0.1) is 11.1 Å². The Hall–Kier alpha value is -1.86. The van der Waals surface area contributed by atoms with Gasteiger partial charge in [-0.25, -0.2) is 0 Å². The molecule has 0 bridgehead atoms. The van der Waals surface area contributed by atoms with Crippen molar-refractivity contribution >= 4 is 17.2 Å². The van der Waals surface area contributed by atoms with Gasteiger partial charge >= 0.3 is 6.18 Å². The molecule has 0 aliphatic carbocycles. The summed E-state index contributed by atoms with van der Waals surface area (Å²) in [4.78, 5) is 14.0. The third-order valence-electron chi connectivity index (χ3n) is 3.10. The van der Waals surface area contributed by atoms with Crippen molar-refractivity contribution in [2.75, 3.05) is 7.05 Å². The third kappa shape index (κ3) is 4.32. The van der Waals surface area contributed by atoms with Gasteiger partial charge in [-0.1, -0.05) is 12.1 Å². The van der Waals surface area contributed by atoms with Crippen LogP contribution >= 0.6 is 11.3 Å². The normalized spacial score (nSPS) is 11.9. The van der Waals surface area contributed by atoms with E-state index in [-0.39, 0.29) is 0 Å². The van der Waals surface area contributed by atoms with E-state index >= 15 is 0 Å². The van der Waals surface area contributed by atoms with Gasteiger partial charge in [0, 0.05) is 23.3 Å². The summed E-state index contributed by atoms with van der Waals surface area (Å²) in [7, 11) is 1.86. The lowest BCUT2D eigenvalue weighted by atomic mass is 10.1. The number of rotatable bonds is 5. The van der Waals surface area contributed by atoms with E-state index in [0.717, 1.165) is 22.6 Å². The molecule has 0 radical (unpaired) electrons. The van der Waals surface area contributed by atoms with E-state index in [1.165, 1.54) is 23.5 Å². The van der Waals surface area contributed by atoms with Crippen molar-refractivity contribution in [3.05, 3.63) is 57.3 Å². The molecule has 2 aromatic rings. The quantitative estimate of drug-likeness (QED) is 0.913. The van der Waals surface area contributed by atoms with Crippen molar-refractivity contribution in [2.24, 2.45) is 5.73 Å². The monoisotopic (exact) mass is 328 g/mol. The molecule has 0 aliphatic rings. The van der Waals surface area contributed by atoms with E-state index in [9.17, 15) is 18.0 Å².